The Labute approximate surface area is 193 Å². The molecule has 2 fully saturated rings. The van der Waals surface area contributed by atoms with E-state index in [9.17, 15) is 9.90 Å². The number of rotatable bonds is 2. The normalized spacial score (nSPS) is 18.4. The van der Waals surface area contributed by atoms with Gasteiger partial charge in [0.2, 0.25) is 5.91 Å². The minimum Gasteiger partial charge on any atom is -0.508 e. The van der Waals surface area contributed by atoms with Crippen LogP contribution in [0, 0.1) is 12.8 Å². The lowest BCUT2D eigenvalue weighted by Crippen LogP contribution is -2.36. The summed E-state index contributed by atoms with van der Waals surface area (Å²) >= 11 is 5.95. The van der Waals surface area contributed by atoms with Crippen LogP contribution in [0.2, 0.25) is 5.15 Å². The maximum Gasteiger partial charge on any atom is 0.225 e. The van der Waals surface area contributed by atoms with Gasteiger partial charge >= 0.3 is 0 Å². The van der Waals surface area contributed by atoms with Gasteiger partial charge in [-0.3, -0.25) is 4.79 Å². The van der Waals surface area contributed by atoms with E-state index in [-0.39, 0.29) is 11.7 Å². The zero-order valence-electron chi connectivity index (χ0n) is 18.4. The van der Waals surface area contributed by atoms with Crippen molar-refractivity contribution in [2.75, 3.05) is 44.4 Å². The number of hydrogen-bond donors (Lipinski definition) is 1. The summed E-state index contributed by atoms with van der Waals surface area (Å²) in [4.78, 5) is 20.1. The molecule has 3 aliphatic heterocycles. The third kappa shape index (κ3) is 5.27. The number of aromatic hydroxyl groups is 1. The minimum atomic E-state index is 0.216. The van der Waals surface area contributed by atoms with Gasteiger partial charge in [0.25, 0.3) is 0 Å². The number of pyridine rings is 1. The molecule has 0 spiro atoms. The lowest BCUT2D eigenvalue weighted by Gasteiger charge is -2.31. The van der Waals surface area contributed by atoms with Gasteiger partial charge < -0.3 is 24.4 Å². The Morgan fingerprint density at radius 2 is 1.88 bits per heavy atom. The van der Waals surface area contributed by atoms with Crippen LogP contribution >= 0.6 is 11.6 Å². The predicted octanol–water partition coefficient (Wildman–Crippen LogP) is 4.31. The summed E-state index contributed by atoms with van der Waals surface area (Å²) in [5.74, 6) is 1.61. The fourth-order valence-corrected chi connectivity index (χ4v) is 4.41. The van der Waals surface area contributed by atoms with Crippen LogP contribution in [0.25, 0.3) is 0 Å². The first-order chi connectivity index (χ1) is 15.5. The Morgan fingerprint density at radius 1 is 1.12 bits per heavy atom. The van der Waals surface area contributed by atoms with Crippen molar-refractivity contribution in [3.63, 3.8) is 0 Å². The van der Waals surface area contributed by atoms with E-state index in [0.29, 0.717) is 24.2 Å². The van der Waals surface area contributed by atoms with Crippen molar-refractivity contribution >= 4 is 28.9 Å². The molecule has 1 N–H and O–H groups in total. The molecule has 1 amide bonds. The fourth-order valence-electron chi connectivity index (χ4n) is 4.31. The first kappa shape index (κ1) is 22.7. The number of phenolic OH excluding ortho intramolecular Hbond substituents is 1. The van der Waals surface area contributed by atoms with Gasteiger partial charge in [-0.1, -0.05) is 11.6 Å². The molecular formula is C24H30ClN3O4. The molecule has 1 aromatic carbocycles. The Balaban J connectivity index is 0.000000165. The lowest BCUT2D eigenvalue weighted by molar-refractivity contribution is -0.137. The topological polar surface area (TPSA) is 75.1 Å². The van der Waals surface area contributed by atoms with Crippen molar-refractivity contribution in [3.8, 4) is 11.5 Å². The molecule has 5 rings (SSSR count). The Kier molecular flexibility index (Phi) is 7.37. The van der Waals surface area contributed by atoms with E-state index in [4.69, 9.17) is 21.1 Å². The molecule has 3 aliphatic rings. The summed E-state index contributed by atoms with van der Waals surface area (Å²) in [5, 5.41) is 10.1. The number of phenols is 1. The zero-order chi connectivity index (χ0) is 22.5. The van der Waals surface area contributed by atoms with Crippen molar-refractivity contribution < 1.29 is 19.4 Å². The van der Waals surface area contributed by atoms with Gasteiger partial charge in [-0.15, -0.1) is 0 Å². The van der Waals surface area contributed by atoms with Gasteiger partial charge in [0.05, 0.1) is 24.1 Å². The average Bonchev–Trinajstić information content (AvgIpc) is 3.36. The first-order valence-corrected chi connectivity index (χ1v) is 11.6. The molecule has 0 saturated carbocycles. The molecule has 4 heterocycles. The van der Waals surface area contributed by atoms with Crippen LogP contribution in [0.3, 0.4) is 0 Å². The Hall–Kier alpha value is -2.51. The smallest absolute Gasteiger partial charge is 0.225 e. The van der Waals surface area contributed by atoms with Crippen molar-refractivity contribution in [2.24, 2.45) is 5.92 Å². The maximum atomic E-state index is 11.9. The van der Waals surface area contributed by atoms with Gasteiger partial charge in [0.1, 0.15) is 23.3 Å². The predicted molar refractivity (Wildman–Crippen MR) is 124 cm³/mol. The monoisotopic (exact) mass is 459 g/mol. The fraction of sp³-hybridized carbons (Fsp3) is 0.500. The maximum absolute atomic E-state index is 11.9. The summed E-state index contributed by atoms with van der Waals surface area (Å²) in [7, 11) is 0. The molecule has 0 aliphatic carbocycles. The number of fused-ring (bicyclic) bond motifs is 1. The van der Waals surface area contributed by atoms with Crippen molar-refractivity contribution in [1.82, 2.24) is 9.88 Å². The molecule has 0 bridgehead atoms. The van der Waals surface area contributed by atoms with Crippen molar-refractivity contribution in [1.29, 1.82) is 0 Å². The number of amides is 1. The zero-order valence-corrected chi connectivity index (χ0v) is 19.2. The second-order valence-corrected chi connectivity index (χ2v) is 8.73. The second-order valence-electron chi connectivity index (χ2n) is 8.37. The van der Waals surface area contributed by atoms with E-state index < -0.39 is 0 Å². The number of aryl methyl sites for hydroxylation is 1. The number of likely N-dealkylation sites (tertiary alicyclic amines) is 1. The number of carbonyl (C=O) groups is 1. The number of hydrogen-bond acceptors (Lipinski definition) is 6. The highest BCUT2D eigenvalue weighted by Crippen LogP contribution is 2.39. The molecule has 7 nitrogen and oxygen atoms in total. The van der Waals surface area contributed by atoms with Gasteiger partial charge in [-0.25, -0.2) is 4.98 Å². The first-order valence-electron chi connectivity index (χ1n) is 11.2. The summed E-state index contributed by atoms with van der Waals surface area (Å²) in [5.41, 5.74) is 2.71. The molecule has 8 heteroatoms. The highest BCUT2D eigenvalue weighted by atomic mass is 35.5. The Morgan fingerprint density at radius 3 is 2.59 bits per heavy atom. The highest BCUT2D eigenvalue weighted by Gasteiger charge is 2.27. The lowest BCUT2D eigenvalue weighted by atomic mass is 9.99. The van der Waals surface area contributed by atoms with Crippen LogP contribution in [-0.4, -0.2) is 60.4 Å². The van der Waals surface area contributed by atoms with E-state index in [1.165, 1.54) is 12.8 Å². The SMILES string of the molecule is Cc1cc(N2CCOc3ccc(O)cc32)cnc1Cl.O=C(C1CCOCC1)N1CCCC1. The average molecular weight is 460 g/mol. The van der Waals surface area contributed by atoms with Crippen molar-refractivity contribution in [3.05, 3.63) is 41.2 Å². The Bertz CT molecular complexity index is 943. The number of carbonyl (C=O) groups excluding carboxylic acids is 1. The quantitative estimate of drug-likeness (QED) is 0.674. The van der Waals surface area contributed by atoms with Crippen molar-refractivity contribution in [2.45, 2.75) is 32.6 Å². The summed E-state index contributed by atoms with van der Waals surface area (Å²) in [6.45, 7) is 6.72. The molecule has 2 aromatic rings. The molecule has 172 valence electrons. The summed E-state index contributed by atoms with van der Waals surface area (Å²) in [6.07, 6.45) is 5.96. The minimum absolute atomic E-state index is 0.216. The van der Waals surface area contributed by atoms with Crippen LogP contribution < -0.4 is 9.64 Å². The number of ether oxygens (including phenoxy) is 2. The number of halogens is 1. The summed E-state index contributed by atoms with van der Waals surface area (Å²) < 4.78 is 10.8. The third-order valence-corrected chi connectivity index (χ3v) is 6.50. The molecule has 32 heavy (non-hydrogen) atoms. The van der Waals surface area contributed by atoms with Gasteiger partial charge in [-0.05, 0) is 56.4 Å². The van der Waals surface area contributed by atoms with Crippen LogP contribution in [0.5, 0.6) is 11.5 Å². The van der Waals surface area contributed by atoms with Gasteiger partial charge in [0.15, 0.2) is 0 Å². The number of benzene rings is 1. The number of nitrogens with zero attached hydrogens (tertiary/aromatic N) is 3. The van der Waals surface area contributed by atoms with Crippen LogP contribution in [0.4, 0.5) is 11.4 Å². The van der Waals surface area contributed by atoms with E-state index in [1.54, 1.807) is 24.4 Å². The van der Waals surface area contributed by atoms with E-state index >= 15 is 0 Å². The number of anilines is 2. The van der Waals surface area contributed by atoms with Crippen LogP contribution in [0.15, 0.2) is 30.5 Å². The largest absolute Gasteiger partial charge is 0.508 e. The highest BCUT2D eigenvalue weighted by molar-refractivity contribution is 6.30. The molecule has 1 aromatic heterocycles. The number of aromatic nitrogens is 1. The van der Waals surface area contributed by atoms with E-state index in [2.05, 4.69) is 9.88 Å². The van der Waals surface area contributed by atoms with Crippen LogP contribution in [-0.2, 0) is 9.53 Å². The molecule has 0 radical (unpaired) electrons. The molecule has 2 saturated heterocycles. The molecular weight excluding hydrogens is 430 g/mol. The van der Waals surface area contributed by atoms with Gasteiger partial charge in [-0.2, -0.15) is 0 Å². The van der Waals surface area contributed by atoms with Crippen LogP contribution in [0.1, 0.15) is 31.2 Å². The summed E-state index contributed by atoms with van der Waals surface area (Å²) in [6, 6.07) is 7.06. The molecule has 0 atom stereocenters. The van der Waals surface area contributed by atoms with Gasteiger partial charge in [0, 0.05) is 38.3 Å². The van der Waals surface area contributed by atoms with E-state index in [0.717, 1.165) is 61.8 Å². The standard InChI is InChI=1S/C14H13ClN2O2.C10H17NO2/c1-9-6-10(8-16-14(9)15)17-4-5-19-13-3-2-11(18)7-12(13)17;12-10(11-5-1-2-6-11)9-3-7-13-8-4-9/h2-3,6-8,18H,4-5H2,1H3;9H,1-8H2. The van der Waals surface area contributed by atoms with E-state index in [1.807, 2.05) is 17.9 Å². The molecule has 0 unspecified atom stereocenters. The second kappa shape index (κ2) is 10.4. The third-order valence-electron chi connectivity index (χ3n) is 6.11.